The van der Waals surface area contributed by atoms with Crippen molar-refractivity contribution in [1.29, 1.82) is 0 Å². The molecule has 2 unspecified atom stereocenters. The summed E-state index contributed by atoms with van der Waals surface area (Å²) in [4.78, 5) is 2.24. The average molecular weight is 303 g/mol. The van der Waals surface area contributed by atoms with Crippen LogP contribution in [-0.4, -0.2) is 18.5 Å². The van der Waals surface area contributed by atoms with E-state index in [2.05, 4.69) is 44.0 Å². The van der Waals surface area contributed by atoms with E-state index in [1.165, 1.54) is 0 Å². The number of halogens is 1. The van der Waals surface area contributed by atoms with Crippen LogP contribution in [0.25, 0.3) is 0 Å². The molecule has 0 aromatic heterocycles. The molecule has 3 heteroatoms. The second-order valence-corrected chi connectivity index (χ2v) is 6.30. The lowest BCUT2D eigenvalue weighted by Crippen LogP contribution is -2.44. The fourth-order valence-corrected chi connectivity index (χ4v) is 2.91. The van der Waals surface area contributed by atoms with E-state index < -0.39 is 5.54 Å². The zero-order valence-corrected chi connectivity index (χ0v) is 13.6. The molecule has 0 saturated carbocycles. The zero-order valence-electron chi connectivity index (χ0n) is 12.9. The molecule has 0 amide bonds. The molecule has 2 N–H and O–H groups in total. The van der Waals surface area contributed by atoms with E-state index in [0.717, 1.165) is 22.7 Å². The largest absolute Gasteiger partial charge is 0.321 e. The molecular formula is C18H23ClN2. The van der Waals surface area contributed by atoms with Crippen LogP contribution in [0.5, 0.6) is 0 Å². The van der Waals surface area contributed by atoms with Gasteiger partial charge in [0.15, 0.2) is 0 Å². The monoisotopic (exact) mass is 302 g/mol. The lowest BCUT2D eigenvalue weighted by Gasteiger charge is -2.34. The molecule has 0 aliphatic carbocycles. The topological polar surface area (TPSA) is 29.3 Å². The number of likely N-dealkylation sites (N-methyl/N-ethyl adjacent to an activating group) is 1. The molecule has 0 aliphatic heterocycles. The second kappa shape index (κ2) is 6.61. The third-order valence-corrected chi connectivity index (χ3v) is 4.37. The minimum Gasteiger partial charge on any atom is -0.321 e. The quantitative estimate of drug-likeness (QED) is 0.896. The van der Waals surface area contributed by atoms with Gasteiger partial charge in [-0.2, -0.15) is 0 Å². The van der Waals surface area contributed by atoms with Crippen LogP contribution >= 0.6 is 11.6 Å². The van der Waals surface area contributed by atoms with Crippen LogP contribution < -0.4 is 5.73 Å². The molecule has 21 heavy (non-hydrogen) atoms. The van der Waals surface area contributed by atoms with Crippen molar-refractivity contribution in [3.8, 4) is 0 Å². The first-order valence-electron chi connectivity index (χ1n) is 7.21. The molecule has 0 heterocycles. The van der Waals surface area contributed by atoms with Crippen molar-refractivity contribution in [1.82, 2.24) is 4.90 Å². The highest BCUT2D eigenvalue weighted by Gasteiger charge is 2.25. The van der Waals surface area contributed by atoms with Crippen LogP contribution in [0.15, 0.2) is 54.6 Å². The van der Waals surface area contributed by atoms with Gasteiger partial charge in [0.2, 0.25) is 0 Å². The third kappa shape index (κ3) is 3.85. The highest BCUT2D eigenvalue weighted by atomic mass is 35.5. The summed E-state index contributed by atoms with van der Waals surface area (Å²) < 4.78 is 0. The SMILES string of the molecule is CC(c1ccccc1Cl)N(C)CC(C)(N)c1ccccc1. The predicted molar refractivity (Wildman–Crippen MR) is 90.5 cm³/mol. The van der Waals surface area contributed by atoms with E-state index in [4.69, 9.17) is 17.3 Å². The highest BCUT2D eigenvalue weighted by Crippen LogP contribution is 2.28. The lowest BCUT2D eigenvalue weighted by molar-refractivity contribution is 0.207. The first-order chi connectivity index (χ1) is 9.92. The minimum atomic E-state index is -0.397. The molecule has 0 radical (unpaired) electrons. The average Bonchev–Trinajstić information content (AvgIpc) is 2.47. The van der Waals surface area contributed by atoms with Crippen molar-refractivity contribution in [2.45, 2.75) is 25.4 Å². The van der Waals surface area contributed by atoms with Crippen molar-refractivity contribution >= 4 is 11.6 Å². The van der Waals surface area contributed by atoms with Crippen LogP contribution in [0.1, 0.15) is 31.0 Å². The van der Waals surface area contributed by atoms with Crippen molar-refractivity contribution < 1.29 is 0 Å². The summed E-state index contributed by atoms with van der Waals surface area (Å²) in [6, 6.07) is 18.4. The number of benzene rings is 2. The maximum absolute atomic E-state index is 6.52. The van der Waals surface area contributed by atoms with E-state index in [-0.39, 0.29) is 6.04 Å². The van der Waals surface area contributed by atoms with Gasteiger partial charge in [-0.25, -0.2) is 0 Å². The van der Waals surface area contributed by atoms with Gasteiger partial charge in [-0.1, -0.05) is 60.1 Å². The molecule has 0 fully saturated rings. The van der Waals surface area contributed by atoms with Gasteiger partial charge in [0, 0.05) is 17.6 Å². The van der Waals surface area contributed by atoms with Crippen molar-refractivity contribution in [3.05, 3.63) is 70.7 Å². The van der Waals surface area contributed by atoms with E-state index in [1.807, 2.05) is 36.4 Å². The van der Waals surface area contributed by atoms with Gasteiger partial charge in [-0.3, -0.25) is 4.90 Å². The summed E-state index contributed by atoms with van der Waals surface area (Å²) in [7, 11) is 2.09. The molecule has 0 spiro atoms. The molecule has 2 atom stereocenters. The molecule has 2 aromatic carbocycles. The molecule has 2 nitrogen and oxygen atoms in total. The Hall–Kier alpha value is -1.35. The van der Waals surface area contributed by atoms with Gasteiger partial charge >= 0.3 is 0 Å². The number of hydrogen-bond donors (Lipinski definition) is 1. The third-order valence-electron chi connectivity index (χ3n) is 4.03. The summed E-state index contributed by atoms with van der Waals surface area (Å²) in [6.45, 7) is 4.98. The highest BCUT2D eigenvalue weighted by molar-refractivity contribution is 6.31. The van der Waals surface area contributed by atoms with Crippen LogP contribution in [0.3, 0.4) is 0 Å². The summed E-state index contributed by atoms with van der Waals surface area (Å²) in [5, 5.41) is 0.801. The van der Waals surface area contributed by atoms with E-state index in [1.54, 1.807) is 0 Å². The van der Waals surface area contributed by atoms with Crippen LogP contribution in [0, 0.1) is 0 Å². The van der Waals surface area contributed by atoms with Crippen molar-refractivity contribution in [2.75, 3.05) is 13.6 Å². The predicted octanol–water partition coefficient (Wildman–Crippen LogP) is 4.21. The molecule has 112 valence electrons. The Labute approximate surface area is 132 Å². The summed E-state index contributed by atoms with van der Waals surface area (Å²) in [6.07, 6.45) is 0. The molecule has 2 aromatic rings. The first-order valence-corrected chi connectivity index (χ1v) is 7.58. The normalized spacial score (nSPS) is 15.7. The summed E-state index contributed by atoms with van der Waals surface area (Å²) >= 11 is 6.29. The van der Waals surface area contributed by atoms with Gasteiger partial charge in [-0.15, -0.1) is 0 Å². The fraction of sp³-hybridized carbons (Fsp3) is 0.333. The number of nitrogens with zero attached hydrogens (tertiary/aromatic N) is 1. The maximum atomic E-state index is 6.52. The van der Waals surface area contributed by atoms with E-state index in [9.17, 15) is 0 Å². The van der Waals surface area contributed by atoms with Gasteiger partial charge in [-0.05, 0) is 38.1 Å². The first kappa shape index (κ1) is 16.0. The fourth-order valence-electron chi connectivity index (χ4n) is 2.62. The Bertz CT molecular complexity index is 581. The van der Waals surface area contributed by atoms with E-state index >= 15 is 0 Å². The van der Waals surface area contributed by atoms with Crippen LogP contribution in [0.4, 0.5) is 0 Å². The smallest absolute Gasteiger partial charge is 0.0510 e. The maximum Gasteiger partial charge on any atom is 0.0510 e. The Balaban J connectivity index is 2.14. The standard InChI is InChI=1S/C18H23ClN2/c1-14(16-11-7-8-12-17(16)19)21(3)13-18(2,20)15-9-5-4-6-10-15/h4-12,14H,13,20H2,1-3H3. The number of nitrogens with two attached hydrogens (primary N) is 1. The lowest BCUT2D eigenvalue weighted by atomic mass is 9.92. The van der Waals surface area contributed by atoms with Gasteiger partial charge in [0.1, 0.15) is 0 Å². The molecule has 0 aliphatic rings. The van der Waals surface area contributed by atoms with Gasteiger partial charge in [0.05, 0.1) is 5.54 Å². The Morgan fingerprint density at radius 1 is 1.10 bits per heavy atom. The Morgan fingerprint density at radius 3 is 2.29 bits per heavy atom. The number of hydrogen-bond acceptors (Lipinski definition) is 2. The summed E-state index contributed by atoms with van der Waals surface area (Å²) in [5.41, 5.74) is 8.39. The van der Waals surface area contributed by atoms with Crippen molar-refractivity contribution in [3.63, 3.8) is 0 Å². The summed E-state index contributed by atoms with van der Waals surface area (Å²) in [5.74, 6) is 0. The van der Waals surface area contributed by atoms with Crippen LogP contribution in [-0.2, 0) is 5.54 Å². The molecule has 2 rings (SSSR count). The molecule has 0 bridgehead atoms. The van der Waals surface area contributed by atoms with Crippen molar-refractivity contribution in [2.24, 2.45) is 5.73 Å². The second-order valence-electron chi connectivity index (χ2n) is 5.90. The van der Waals surface area contributed by atoms with Gasteiger partial charge in [0.25, 0.3) is 0 Å². The zero-order chi connectivity index (χ0) is 15.5. The number of rotatable bonds is 5. The van der Waals surface area contributed by atoms with Crippen LogP contribution in [0.2, 0.25) is 5.02 Å². The Kier molecular flexibility index (Phi) is 5.04. The Morgan fingerprint density at radius 2 is 1.67 bits per heavy atom. The minimum absolute atomic E-state index is 0.213. The van der Waals surface area contributed by atoms with E-state index in [0.29, 0.717) is 0 Å². The van der Waals surface area contributed by atoms with Gasteiger partial charge < -0.3 is 5.73 Å². The molecular weight excluding hydrogens is 280 g/mol. The molecule has 0 saturated heterocycles.